The Hall–Kier alpha value is -2.01. The summed E-state index contributed by atoms with van der Waals surface area (Å²) in [6, 6.07) is 13.9. The molecule has 0 atom stereocenters. The van der Waals surface area contributed by atoms with Crippen LogP contribution in [-0.4, -0.2) is 6.61 Å². The minimum absolute atomic E-state index is 0.708. The summed E-state index contributed by atoms with van der Waals surface area (Å²) in [5, 5.41) is 11.1. The molecule has 1 aliphatic carbocycles. The molecule has 0 heterocycles. The molecule has 2 aromatic rings. The summed E-state index contributed by atoms with van der Waals surface area (Å²) < 4.78 is 5.83. The van der Waals surface area contributed by atoms with Gasteiger partial charge in [-0.3, -0.25) is 0 Å². The van der Waals surface area contributed by atoms with E-state index in [4.69, 9.17) is 10.00 Å². The van der Waals surface area contributed by atoms with Gasteiger partial charge in [-0.2, -0.15) is 5.26 Å². The van der Waals surface area contributed by atoms with E-state index in [1.165, 1.54) is 12.8 Å². The van der Waals surface area contributed by atoms with E-state index < -0.39 is 0 Å². The predicted octanol–water partition coefficient (Wildman–Crippen LogP) is 3.50. The quantitative estimate of drug-likeness (QED) is 0.797. The molecule has 1 aliphatic rings. The van der Waals surface area contributed by atoms with E-state index in [2.05, 4.69) is 6.07 Å². The van der Waals surface area contributed by atoms with Crippen LogP contribution in [0.1, 0.15) is 18.4 Å². The third kappa shape index (κ3) is 1.97. The molecule has 2 heteroatoms. The smallest absolute Gasteiger partial charge is 0.127 e. The molecule has 3 rings (SSSR count). The van der Waals surface area contributed by atoms with Crippen LogP contribution < -0.4 is 4.74 Å². The summed E-state index contributed by atoms with van der Waals surface area (Å²) in [4.78, 5) is 0. The molecule has 84 valence electrons. The molecule has 1 saturated carbocycles. The largest absolute Gasteiger partial charge is 0.493 e. The van der Waals surface area contributed by atoms with Crippen molar-refractivity contribution in [3.8, 4) is 11.8 Å². The second-order valence-corrected chi connectivity index (χ2v) is 4.52. The van der Waals surface area contributed by atoms with Crippen molar-refractivity contribution in [1.29, 1.82) is 5.26 Å². The van der Waals surface area contributed by atoms with Gasteiger partial charge in [0.05, 0.1) is 18.2 Å². The van der Waals surface area contributed by atoms with Gasteiger partial charge in [0, 0.05) is 10.8 Å². The van der Waals surface area contributed by atoms with Gasteiger partial charge in [0.25, 0.3) is 0 Å². The minimum Gasteiger partial charge on any atom is -0.493 e. The van der Waals surface area contributed by atoms with Crippen molar-refractivity contribution in [2.75, 3.05) is 6.61 Å². The maximum Gasteiger partial charge on any atom is 0.127 e. The topological polar surface area (TPSA) is 33.0 Å². The van der Waals surface area contributed by atoms with E-state index in [1.54, 1.807) is 0 Å². The average Bonchev–Trinajstić information content (AvgIpc) is 3.20. The van der Waals surface area contributed by atoms with Crippen molar-refractivity contribution in [2.24, 2.45) is 5.92 Å². The first kappa shape index (κ1) is 10.2. The molecule has 0 spiro atoms. The number of benzene rings is 2. The zero-order valence-corrected chi connectivity index (χ0v) is 9.52. The average molecular weight is 223 g/mol. The van der Waals surface area contributed by atoms with Crippen LogP contribution in [0.3, 0.4) is 0 Å². The summed E-state index contributed by atoms with van der Waals surface area (Å²) in [6.45, 7) is 0.801. The Morgan fingerprint density at radius 3 is 2.59 bits per heavy atom. The highest BCUT2D eigenvalue weighted by atomic mass is 16.5. The van der Waals surface area contributed by atoms with Gasteiger partial charge in [0.2, 0.25) is 0 Å². The Morgan fingerprint density at radius 1 is 1.12 bits per heavy atom. The van der Waals surface area contributed by atoms with Gasteiger partial charge in [-0.15, -0.1) is 0 Å². The first-order chi connectivity index (χ1) is 8.38. The fourth-order valence-electron chi connectivity index (χ4n) is 1.99. The van der Waals surface area contributed by atoms with E-state index >= 15 is 0 Å². The zero-order chi connectivity index (χ0) is 11.7. The molecular weight excluding hydrogens is 210 g/mol. The lowest BCUT2D eigenvalue weighted by Gasteiger charge is -2.09. The summed E-state index contributed by atoms with van der Waals surface area (Å²) in [5.74, 6) is 1.64. The summed E-state index contributed by atoms with van der Waals surface area (Å²) in [6.07, 6.45) is 2.57. The van der Waals surface area contributed by atoms with Gasteiger partial charge >= 0.3 is 0 Å². The first-order valence-electron chi connectivity index (χ1n) is 5.93. The Labute approximate surface area is 100 Å². The molecule has 17 heavy (non-hydrogen) atoms. The molecule has 0 amide bonds. The van der Waals surface area contributed by atoms with Crippen LogP contribution in [0, 0.1) is 17.2 Å². The van der Waals surface area contributed by atoms with E-state index in [0.717, 1.165) is 29.0 Å². The third-order valence-electron chi connectivity index (χ3n) is 3.18. The maximum atomic E-state index is 9.06. The molecule has 1 fully saturated rings. The van der Waals surface area contributed by atoms with Crippen LogP contribution >= 0.6 is 0 Å². The highest BCUT2D eigenvalue weighted by molar-refractivity contribution is 5.92. The van der Waals surface area contributed by atoms with E-state index in [1.807, 2.05) is 36.4 Å². The fraction of sp³-hybridized carbons (Fsp3) is 0.267. The molecule has 0 N–H and O–H groups in total. The Kier molecular flexibility index (Phi) is 2.45. The monoisotopic (exact) mass is 223 g/mol. The SMILES string of the molecule is N#Cc1ccc(OCC2CC2)c2ccccc12. The predicted molar refractivity (Wildman–Crippen MR) is 66.9 cm³/mol. The van der Waals surface area contributed by atoms with Gasteiger partial charge in [0.15, 0.2) is 0 Å². The van der Waals surface area contributed by atoms with E-state index in [-0.39, 0.29) is 0 Å². The lowest BCUT2D eigenvalue weighted by atomic mass is 10.0. The highest BCUT2D eigenvalue weighted by Gasteiger charge is 2.22. The van der Waals surface area contributed by atoms with Crippen LogP contribution in [0.25, 0.3) is 10.8 Å². The second-order valence-electron chi connectivity index (χ2n) is 4.52. The summed E-state index contributed by atoms with van der Waals surface area (Å²) in [5.41, 5.74) is 0.708. The summed E-state index contributed by atoms with van der Waals surface area (Å²) in [7, 11) is 0. The molecule has 0 bridgehead atoms. The lowest BCUT2D eigenvalue weighted by Crippen LogP contribution is -1.99. The van der Waals surface area contributed by atoms with Crippen LogP contribution in [0.5, 0.6) is 5.75 Å². The van der Waals surface area contributed by atoms with Gasteiger partial charge in [0.1, 0.15) is 5.75 Å². The number of rotatable bonds is 3. The van der Waals surface area contributed by atoms with Crippen molar-refractivity contribution in [2.45, 2.75) is 12.8 Å². The standard InChI is InChI=1S/C15H13NO/c16-9-12-7-8-15(17-10-11-5-6-11)14-4-2-1-3-13(12)14/h1-4,7-8,11H,5-6,10H2. The van der Waals surface area contributed by atoms with Crippen LogP contribution in [0.4, 0.5) is 0 Å². The van der Waals surface area contributed by atoms with Gasteiger partial charge in [-0.25, -0.2) is 0 Å². The lowest BCUT2D eigenvalue weighted by molar-refractivity contribution is 0.303. The van der Waals surface area contributed by atoms with Crippen molar-refractivity contribution in [1.82, 2.24) is 0 Å². The Balaban J connectivity index is 2.03. The van der Waals surface area contributed by atoms with Crippen molar-refractivity contribution in [3.63, 3.8) is 0 Å². The van der Waals surface area contributed by atoms with Crippen LogP contribution in [0.2, 0.25) is 0 Å². The number of nitrogens with zero attached hydrogens (tertiary/aromatic N) is 1. The molecule has 0 saturated heterocycles. The first-order valence-corrected chi connectivity index (χ1v) is 5.93. The van der Waals surface area contributed by atoms with Gasteiger partial charge in [-0.05, 0) is 30.9 Å². The highest BCUT2D eigenvalue weighted by Crippen LogP contribution is 2.32. The Bertz CT molecular complexity index is 593. The van der Waals surface area contributed by atoms with Crippen LogP contribution in [-0.2, 0) is 0 Å². The molecule has 0 radical (unpaired) electrons. The molecule has 0 unspecified atom stereocenters. The zero-order valence-electron chi connectivity index (χ0n) is 9.52. The number of hydrogen-bond donors (Lipinski definition) is 0. The molecular formula is C15H13NO. The number of fused-ring (bicyclic) bond motifs is 1. The second kappa shape index (κ2) is 4.10. The normalized spacial score (nSPS) is 14.5. The van der Waals surface area contributed by atoms with E-state index in [9.17, 15) is 0 Å². The maximum absolute atomic E-state index is 9.06. The number of nitriles is 1. The number of hydrogen-bond acceptors (Lipinski definition) is 2. The van der Waals surface area contributed by atoms with Gasteiger partial charge < -0.3 is 4.74 Å². The third-order valence-corrected chi connectivity index (χ3v) is 3.18. The fourth-order valence-corrected chi connectivity index (χ4v) is 1.99. The Morgan fingerprint density at radius 2 is 1.88 bits per heavy atom. The summed E-state index contributed by atoms with van der Waals surface area (Å²) >= 11 is 0. The van der Waals surface area contributed by atoms with Crippen LogP contribution in [0.15, 0.2) is 36.4 Å². The number of ether oxygens (including phenoxy) is 1. The van der Waals surface area contributed by atoms with Gasteiger partial charge in [-0.1, -0.05) is 24.3 Å². The van der Waals surface area contributed by atoms with Crippen molar-refractivity contribution in [3.05, 3.63) is 42.0 Å². The van der Waals surface area contributed by atoms with Crippen molar-refractivity contribution < 1.29 is 4.74 Å². The van der Waals surface area contributed by atoms with E-state index in [0.29, 0.717) is 5.56 Å². The minimum atomic E-state index is 0.708. The molecule has 0 aliphatic heterocycles. The molecule has 2 aromatic carbocycles. The molecule has 0 aromatic heterocycles. The van der Waals surface area contributed by atoms with Crippen molar-refractivity contribution >= 4 is 10.8 Å². The molecule has 2 nitrogen and oxygen atoms in total.